The summed E-state index contributed by atoms with van der Waals surface area (Å²) in [5.41, 5.74) is 12.3. The second-order valence-electron chi connectivity index (χ2n) is 12.0. The number of anilines is 2. The third-order valence-corrected chi connectivity index (χ3v) is 8.87. The Bertz CT molecular complexity index is 2120. The summed E-state index contributed by atoms with van der Waals surface area (Å²) in [4.78, 5) is 42.7. The van der Waals surface area contributed by atoms with E-state index in [0.29, 0.717) is 23.9 Å². The lowest BCUT2D eigenvalue weighted by atomic mass is 9.72. The van der Waals surface area contributed by atoms with Crippen LogP contribution in [0.4, 0.5) is 11.5 Å². The molecule has 2 saturated heterocycles. The summed E-state index contributed by atoms with van der Waals surface area (Å²) in [5.74, 6) is 1.34. The van der Waals surface area contributed by atoms with Crippen molar-refractivity contribution in [2.24, 2.45) is 5.41 Å². The fourth-order valence-corrected chi connectivity index (χ4v) is 6.83. The molecule has 0 radical (unpaired) electrons. The van der Waals surface area contributed by atoms with E-state index in [2.05, 4.69) is 38.7 Å². The molecule has 0 amide bonds. The van der Waals surface area contributed by atoms with Gasteiger partial charge in [-0.15, -0.1) is 0 Å². The highest BCUT2D eigenvalue weighted by atomic mass is 16.5. The molecule has 1 spiro atoms. The molecule has 2 N–H and O–H groups in total. The monoisotopic (exact) mass is 597 g/mol. The zero-order valence-corrected chi connectivity index (χ0v) is 24.8. The molecule has 0 atom stereocenters. The molecule has 8 rings (SSSR count). The predicted octanol–water partition coefficient (Wildman–Crippen LogP) is 4.05. The number of aromatic nitrogens is 4. The van der Waals surface area contributed by atoms with Crippen LogP contribution in [0.1, 0.15) is 12.5 Å². The van der Waals surface area contributed by atoms with Gasteiger partial charge in [0, 0.05) is 55.6 Å². The number of hydrogen-bond acceptors (Lipinski definition) is 9. The summed E-state index contributed by atoms with van der Waals surface area (Å²) in [6.45, 7) is 6.49. The lowest BCUT2D eigenvalue weighted by Gasteiger charge is -2.61. The largest absolute Gasteiger partial charge is 0.488 e. The van der Waals surface area contributed by atoms with Gasteiger partial charge < -0.3 is 15.4 Å². The number of likely N-dealkylation sites (tertiary alicyclic amines) is 1. The Morgan fingerprint density at radius 1 is 0.867 bits per heavy atom. The topological polar surface area (TPSA) is 119 Å². The Morgan fingerprint density at radius 2 is 1.64 bits per heavy atom. The molecule has 2 aliphatic heterocycles. The van der Waals surface area contributed by atoms with Gasteiger partial charge in [0.25, 0.3) is 10.9 Å². The summed E-state index contributed by atoms with van der Waals surface area (Å²) in [5, 5.41) is 0. The molecular weight excluding hydrogens is 566 g/mol. The van der Waals surface area contributed by atoms with Gasteiger partial charge in [-0.05, 0) is 48.9 Å². The quantitative estimate of drug-likeness (QED) is 0.259. The second kappa shape index (κ2) is 10.4. The molecule has 3 aromatic carbocycles. The van der Waals surface area contributed by atoms with Crippen LogP contribution in [0.15, 0.2) is 94.6 Å². The molecule has 10 nitrogen and oxygen atoms in total. The van der Waals surface area contributed by atoms with Gasteiger partial charge in [-0.1, -0.05) is 42.5 Å². The Hall–Kier alpha value is -5.35. The van der Waals surface area contributed by atoms with E-state index in [9.17, 15) is 9.59 Å². The van der Waals surface area contributed by atoms with Gasteiger partial charge in [-0.25, -0.2) is 15.0 Å². The number of pyridine rings is 2. The van der Waals surface area contributed by atoms with Crippen LogP contribution in [-0.2, 0) is 6.54 Å². The standard InChI is InChI=1S/C35H31N7O3/c1-2-45-31-28(29(43)30(31)44)41-20-35(21-41)18-40(19-35)17-22-10-12-24(13-11-22)42-33(25-9-6-16-37-32(25)36)39-27-15-14-26(38-34(27)42)23-7-4-3-5-8-23/h3-16H,2,17-21H2,1H3,(H2,36,37). The molecule has 0 saturated carbocycles. The van der Waals surface area contributed by atoms with Crippen molar-refractivity contribution in [2.45, 2.75) is 13.5 Å². The molecule has 3 aromatic heterocycles. The summed E-state index contributed by atoms with van der Waals surface area (Å²) in [6, 6.07) is 26.4. The van der Waals surface area contributed by atoms with Crippen molar-refractivity contribution >= 4 is 22.7 Å². The van der Waals surface area contributed by atoms with Crippen LogP contribution >= 0.6 is 0 Å². The van der Waals surface area contributed by atoms with Gasteiger partial charge in [0.1, 0.15) is 17.0 Å². The minimum Gasteiger partial charge on any atom is -0.488 e. The molecule has 0 bridgehead atoms. The first-order valence-electron chi connectivity index (χ1n) is 15.1. The average molecular weight is 598 g/mol. The molecule has 2 aliphatic rings. The fourth-order valence-electron chi connectivity index (χ4n) is 6.83. The van der Waals surface area contributed by atoms with Crippen LogP contribution in [0.5, 0.6) is 5.75 Å². The van der Waals surface area contributed by atoms with Crippen LogP contribution in [0, 0.1) is 5.41 Å². The summed E-state index contributed by atoms with van der Waals surface area (Å²) >= 11 is 0. The van der Waals surface area contributed by atoms with E-state index in [0.717, 1.165) is 66.4 Å². The highest BCUT2D eigenvalue weighted by Crippen LogP contribution is 2.43. The van der Waals surface area contributed by atoms with E-state index in [1.807, 2.05) is 66.4 Å². The Morgan fingerprint density at radius 3 is 2.38 bits per heavy atom. The maximum atomic E-state index is 12.1. The van der Waals surface area contributed by atoms with E-state index in [1.54, 1.807) is 6.20 Å². The van der Waals surface area contributed by atoms with E-state index in [-0.39, 0.29) is 11.2 Å². The predicted molar refractivity (Wildman–Crippen MR) is 174 cm³/mol. The van der Waals surface area contributed by atoms with Crippen molar-refractivity contribution in [1.29, 1.82) is 0 Å². The van der Waals surface area contributed by atoms with E-state index in [1.165, 1.54) is 5.56 Å². The number of benzene rings is 2. The number of nitrogens with two attached hydrogens (primary N) is 1. The lowest BCUT2D eigenvalue weighted by Crippen LogP contribution is -2.73. The Balaban J connectivity index is 1.03. The van der Waals surface area contributed by atoms with Gasteiger partial charge in [-0.3, -0.25) is 19.1 Å². The molecule has 10 heteroatoms. The number of nitrogen functional groups attached to an aromatic ring is 1. The minimum absolute atomic E-state index is 0.166. The Labute approximate surface area is 259 Å². The highest BCUT2D eigenvalue weighted by molar-refractivity contribution is 5.84. The molecule has 45 heavy (non-hydrogen) atoms. The molecular formula is C35H31N7O3. The maximum Gasteiger partial charge on any atom is 0.272 e. The number of fused-ring (bicyclic) bond motifs is 1. The first-order valence-corrected chi connectivity index (χ1v) is 15.1. The number of nitrogens with zero attached hydrogens (tertiary/aromatic N) is 6. The lowest BCUT2D eigenvalue weighted by molar-refractivity contribution is -0.0277. The summed E-state index contributed by atoms with van der Waals surface area (Å²) < 4.78 is 7.47. The highest BCUT2D eigenvalue weighted by Gasteiger charge is 2.53. The first-order chi connectivity index (χ1) is 21.9. The van der Waals surface area contributed by atoms with Gasteiger partial charge in [0.2, 0.25) is 0 Å². The van der Waals surface area contributed by atoms with Gasteiger partial charge in [0.15, 0.2) is 17.2 Å². The zero-order chi connectivity index (χ0) is 30.7. The normalized spacial score (nSPS) is 15.8. The van der Waals surface area contributed by atoms with Gasteiger partial charge in [-0.2, -0.15) is 0 Å². The van der Waals surface area contributed by atoms with Crippen LogP contribution in [0.25, 0.3) is 39.5 Å². The zero-order valence-electron chi connectivity index (χ0n) is 24.8. The SMILES string of the molecule is CCOc1c(N2CC3(CN(Cc4ccc(-n5c(-c6cccnc6N)nc6ccc(-c7ccccc7)nc65)cc4)C3)C2)c(=O)c1=O. The average Bonchev–Trinajstić information content (AvgIpc) is 3.41. The van der Waals surface area contributed by atoms with E-state index >= 15 is 0 Å². The van der Waals surface area contributed by atoms with Crippen molar-refractivity contribution in [3.8, 4) is 34.1 Å². The van der Waals surface area contributed by atoms with E-state index in [4.69, 9.17) is 20.4 Å². The van der Waals surface area contributed by atoms with Crippen molar-refractivity contribution in [3.05, 3.63) is 111 Å². The second-order valence-corrected chi connectivity index (χ2v) is 12.0. The molecule has 5 heterocycles. The number of imidazole rings is 1. The molecule has 224 valence electrons. The first kappa shape index (κ1) is 27.2. The minimum atomic E-state index is -0.501. The molecule has 2 fully saturated rings. The van der Waals surface area contributed by atoms with Crippen LogP contribution < -0.4 is 26.2 Å². The third kappa shape index (κ3) is 4.48. The van der Waals surface area contributed by atoms with Crippen molar-refractivity contribution in [2.75, 3.05) is 43.4 Å². The van der Waals surface area contributed by atoms with Crippen LogP contribution in [0.3, 0.4) is 0 Å². The number of rotatable bonds is 8. The molecule has 0 unspecified atom stereocenters. The smallest absolute Gasteiger partial charge is 0.272 e. The van der Waals surface area contributed by atoms with Crippen LogP contribution in [-0.4, -0.2) is 57.2 Å². The van der Waals surface area contributed by atoms with Crippen molar-refractivity contribution < 1.29 is 4.74 Å². The molecule has 6 aromatic rings. The van der Waals surface area contributed by atoms with Gasteiger partial charge >= 0.3 is 0 Å². The summed E-state index contributed by atoms with van der Waals surface area (Å²) in [7, 11) is 0. The van der Waals surface area contributed by atoms with Gasteiger partial charge in [0.05, 0.1) is 17.9 Å². The number of hydrogen-bond donors (Lipinski definition) is 1. The van der Waals surface area contributed by atoms with Crippen molar-refractivity contribution in [3.63, 3.8) is 0 Å². The Kier molecular flexibility index (Phi) is 6.28. The van der Waals surface area contributed by atoms with Crippen LogP contribution in [0.2, 0.25) is 0 Å². The van der Waals surface area contributed by atoms with E-state index < -0.39 is 10.9 Å². The van der Waals surface area contributed by atoms with Crippen molar-refractivity contribution in [1.82, 2.24) is 24.4 Å². The fraction of sp³-hybridized carbons (Fsp3) is 0.229. The number of ether oxygens (including phenoxy) is 1. The summed E-state index contributed by atoms with van der Waals surface area (Å²) in [6.07, 6.45) is 1.68. The third-order valence-electron chi connectivity index (χ3n) is 8.87. The maximum absolute atomic E-state index is 12.1. The molecule has 0 aliphatic carbocycles.